The van der Waals surface area contributed by atoms with E-state index in [4.69, 9.17) is 9.47 Å². The Bertz CT molecular complexity index is 198. The van der Waals surface area contributed by atoms with Crippen molar-refractivity contribution >= 4 is 0 Å². The van der Waals surface area contributed by atoms with Crippen LogP contribution in [0, 0.1) is 5.41 Å². The molecule has 62 valence electrons. The zero-order valence-electron chi connectivity index (χ0n) is 6.93. The lowest BCUT2D eigenvalue weighted by Gasteiger charge is -2.22. The first-order valence-corrected chi connectivity index (χ1v) is 4.51. The summed E-state index contributed by atoms with van der Waals surface area (Å²) in [6.45, 7) is 4.06. The minimum atomic E-state index is 0.0799. The molecule has 0 N–H and O–H groups in total. The average Bonchev–Trinajstić information content (AvgIpc) is 2.59. The van der Waals surface area contributed by atoms with E-state index in [9.17, 15) is 0 Å². The Kier molecular flexibility index (Phi) is 0.961. The summed E-state index contributed by atoms with van der Waals surface area (Å²) in [6, 6.07) is 0. The number of fused-ring (bicyclic) bond motifs is 2. The summed E-state index contributed by atoms with van der Waals surface area (Å²) in [5.41, 5.74) is 0.543. The van der Waals surface area contributed by atoms with E-state index in [2.05, 4.69) is 6.92 Å². The third-order valence-corrected chi connectivity index (χ3v) is 3.58. The van der Waals surface area contributed by atoms with E-state index in [0.29, 0.717) is 11.5 Å². The summed E-state index contributed by atoms with van der Waals surface area (Å²) in [5.74, 6) is 0. The van der Waals surface area contributed by atoms with Gasteiger partial charge in [0.25, 0.3) is 0 Å². The van der Waals surface area contributed by atoms with Crippen LogP contribution in [0.15, 0.2) is 0 Å². The molecule has 1 saturated carbocycles. The predicted molar refractivity (Wildman–Crippen MR) is 40.4 cm³/mol. The van der Waals surface area contributed by atoms with E-state index in [1.54, 1.807) is 0 Å². The van der Waals surface area contributed by atoms with Crippen LogP contribution < -0.4 is 0 Å². The Hall–Kier alpha value is -0.0800. The van der Waals surface area contributed by atoms with Crippen LogP contribution in [0.1, 0.15) is 26.2 Å². The van der Waals surface area contributed by atoms with Crippen molar-refractivity contribution < 1.29 is 9.47 Å². The largest absolute Gasteiger partial charge is 0.374 e. The van der Waals surface area contributed by atoms with Crippen LogP contribution in [0.2, 0.25) is 0 Å². The molecule has 1 aliphatic carbocycles. The number of hydrogen-bond donors (Lipinski definition) is 0. The summed E-state index contributed by atoms with van der Waals surface area (Å²) in [7, 11) is 0. The van der Waals surface area contributed by atoms with Crippen LogP contribution in [0.5, 0.6) is 0 Å². The molecule has 0 radical (unpaired) electrons. The van der Waals surface area contributed by atoms with Gasteiger partial charge in [0.2, 0.25) is 0 Å². The molecule has 2 heterocycles. The molecule has 2 nitrogen and oxygen atoms in total. The van der Waals surface area contributed by atoms with Gasteiger partial charge in [0.1, 0.15) is 0 Å². The van der Waals surface area contributed by atoms with E-state index >= 15 is 0 Å². The molecule has 0 unspecified atom stereocenters. The Morgan fingerprint density at radius 3 is 2.82 bits per heavy atom. The lowest BCUT2D eigenvalue weighted by Crippen LogP contribution is -2.34. The average molecular weight is 154 g/mol. The van der Waals surface area contributed by atoms with E-state index in [0.717, 1.165) is 19.6 Å². The molecule has 2 saturated heterocycles. The zero-order valence-corrected chi connectivity index (χ0v) is 6.93. The molecule has 2 atom stereocenters. The molecule has 3 rings (SSSR count). The van der Waals surface area contributed by atoms with Crippen molar-refractivity contribution in [3.05, 3.63) is 0 Å². The van der Waals surface area contributed by atoms with Crippen LogP contribution in [-0.4, -0.2) is 24.9 Å². The fourth-order valence-corrected chi connectivity index (χ4v) is 2.61. The van der Waals surface area contributed by atoms with Crippen LogP contribution in [0.3, 0.4) is 0 Å². The van der Waals surface area contributed by atoms with Crippen LogP contribution in [0.25, 0.3) is 0 Å². The second-order valence-electron chi connectivity index (χ2n) is 4.46. The highest BCUT2D eigenvalue weighted by Crippen LogP contribution is 2.60. The summed E-state index contributed by atoms with van der Waals surface area (Å²) in [6.07, 6.45) is 4.18. The maximum Gasteiger partial charge on any atom is 0.0943 e. The normalized spacial score (nSPS) is 51.5. The summed E-state index contributed by atoms with van der Waals surface area (Å²) in [5, 5.41) is 0. The molecule has 3 aliphatic rings. The molecule has 0 amide bonds. The first-order valence-electron chi connectivity index (χ1n) is 4.51. The van der Waals surface area contributed by atoms with Crippen LogP contribution in [-0.2, 0) is 9.47 Å². The van der Waals surface area contributed by atoms with Gasteiger partial charge in [-0.05, 0) is 19.8 Å². The van der Waals surface area contributed by atoms with Gasteiger partial charge in [0.05, 0.1) is 18.3 Å². The smallest absolute Gasteiger partial charge is 0.0943 e. The highest BCUT2D eigenvalue weighted by molar-refractivity contribution is 5.13. The highest BCUT2D eigenvalue weighted by Gasteiger charge is 2.64. The van der Waals surface area contributed by atoms with Gasteiger partial charge in [0.15, 0.2) is 0 Å². The molecule has 0 aromatic carbocycles. The fraction of sp³-hybridized carbons (Fsp3) is 1.00. The number of rotatable bonds is 0. The molecule has 2 heteroatoms. The first-order chi connectivity index (χ1) is 5.25. The van der Waals surface area contributed by atoms with Crippen molar-refractivity contribution in [1.82, 2.24) is 0 Å². The van der Waals surface area contributed by atoms with Gasteiger partial charge in [-0.3, -0.25) is 0 Å². The molecule has 2 aliphatic heterocycles. The maximum absolute atomic E-state index is 5.82. The van der Waals surface area contributed by atoms with Gasteiger partial charge >= 0.3 is 0 Å². The first kappa shape index (κ1) is 6.44. The van der Waals surface area contributed by atoms with E-state index < -0.39 is 0 Å². The van der Waals surface area contributed by atoms with Crippen molar-refractivity contribution in [3.8, 4) is 0 Å². The van der Waals surface area contributed by atoms with Gasteiger partial charge in [-0.15, -0.1) is 0 Å². The minimum absolute atomic E-state index is 0.0799. The fourth-order valence-electron chi connectivity index (χ4n) is 2.61. The van der Waals surface area contributed by atoms with Crippen molar-refractivity contribution in [2.75, 3.05) is 13.2 Å². The third kappa shape index (κ3) is 0.651. The molecule has 0 aromatic rings. The number of ether oxygens (including phenoxy) is 2. The van der Waals surface area contributed by atoms with E-state index in [1.165, 1.54) is 12.8 Å². The predicted octanol–water partition coefficient (Wildman–Crippen LogP) is 1.34. The Labute approximate surface area is 66.9 Å². The topological polar surface area (TPSA) is 18.5 Å². The van der Waals surface area contributed by atoms with E-state index in [-0.39, 0.29) is 5.60 Å². The molecule has 1 spiro atoms. The van der Waals surface area contributed by atoms with Crippen molar-refractivity contribution in [3.63, 3.8) is 0 Å². The maximum atomic E-state index is 5.82. The minimum Gasteiger partial charge on any atom is -0.374 e. The molecule has 0 bridgehead atoms. The molecule has 0 aromatic heterocycles. The molecular formula is C9H14O2. The zero-order chi connectivity index (χ0) is 7.53. The van der Waals surface area contributed by atoms with Gasteiger partial charge in [-0.1, -0.05) is 0 Å². The number of hydrogen-bond acceptors (Lipinski definition) is 2. The summed E-state index contributed by atoms with van der Waals surface area (Å²) < 4.78 is 11.5. The monoisotopic (exact) mass is 154 g/mol. The SMILES string of the molecule is C[C@]12CCO[C@H]1C1(CC1)CO2. The standard InChI is InChI=1S/C9H14O2/c1-8-4-5-10-7(8)9(2-3-9)6-11-8/h7H,2-6H2,1H3/t7-,8+/m1/s1. The van der Waals surface area contributed by atoms with Crippen LogP contribution >= 0.6 is 0 Å². The molecular weight excluding hydrogens is 140 g/mol. The second-order valence-corrected chi connectivity index (χ2v) is 4.46. The second kappa shape index (κ2) is 1.64. The highest BCUT2D eigenvalue weighted by atomic mass is 16.6. The summed E-state index contributed by atoms with van der Waals surface area (Å²) >= 11 is 0. The van der Waals surface area contributed by atoms with Gasteiger partial charge < -0.3 is 9.47 Å². The lowest BCUT2D eigenvalue weighted by molar-refractivity contribution is -0.00837. The van der Waals surface area contributed by atoms with Crippen molar-refractivity contribution in [1.29, 1.82) is 0 Å². The van der Waals surface area contributed by atoms with Crippen molar-refractivity contribution in [2.24, 2.45) is 5.41 Å². The molecule has 11 heavy (non-hydrogen) atoms. The van der Waals surface area contributed by atoms with Gasteiger partial charge in [-0.2, -0.15) is 0 Å². The third-order valence-electron chi connectivity index (χ3n) is 3.58. The lowest BCUT2D eigenvalue weighted by atomic mass is 9.90. The van der Waals surface area contributed by atoms with Crippen molar-refractivity contribution in [2.45, 2.75) is 37.9 Å². The Morgan fingerprint density at radius 2 is 2.09 bits per heavy atom. The Morgan fingerprint density at radius 1 is 1.27 bits per heavy atom. The quantitative estimate of drug-likeness (QED) is 0.524. The Balaban J connectivity index is 1.96. The van der Waals surface area contributed by atoms with Gasteiger partial charge in [0, 0.05) is 18.4 Å². The molecule has 3 fully saturated rings. The van der Waals surface area contributed by atoms with Gasteiger partial charge in [-0.25, -0.2) is 0 Å². The summed E-state index contributed by atoms with van der Waals surface area (Å²) in [4.78, 5) is 0. The van der Waals surface area contributed by atoms with E-state index in [1.807, 2.05) is 0 Å². The van der Waals surface area contributed by atoms with Crippen LogP contribution in [0.4, 0.5) is 0 Å².